The summed E-state index contributed by atoms with van der Waals surface area (Å²) in [4.78, 5) is 4.84. The number of hydrogen-bond donors (Lipinski definition) is 0. The number of para-hydroxylation sites is 3. The molecular weight excluding hydrogens is 737 g/mol. The first kappa shape index (κ1) is 36.4. The molecule has 290 valence electrons. The number of benzene rings is 10. The van der Waals surface area contributed by atoms with Crippen molar-refractivity contribution in [3.63, 3.8) is 0 Å². The quantitative estimate of drug-likeness (QED) is 0.159. The average molecular weight is 781 g/mol. The third-order valence-electron chi connectivity index (χ3n) is 12.6. The van der Waals surface area contributed by atoms with Crippen molar-refractivity contribution in [3.05, 3.63) is 242 Å². The molecular formula is C59H44N2. The summed E-state index contributed by atoms with van der Waals surface area (Å²) in [5, 5.41) is 4.94. The SMILES string of the molecule is CC1(C)c2ccccc2N(c2c(-c3ccc4ccccc4c3)ccc3ccccc23)c2ccc(-c3ccc(-c4ccc(N(c5ccccc5)c5ccccc5)cc4)cc3)cc21. The molecule has 2 nitrogen and oxygen atoms in total. The second kappa shape index (κ2) is 14.9. The molecule has 10 aromatic carbocycles. The van der Waals surface area contributed by atoms with Gasteiger partial charge in [-0.2, -0.15) is 0 Å². The Labute approximate surface area is 358 Å². The number of rotatable bonds is 7. The smallest absolute Gasteiger partial charge is 0.0618 e. The summed E-state index contributed by atoms with van der Waals surface area (Å²) in [5.74, 6) is 0. The Balaban J connectivity index is 0.985. The fraction of sp³-hybridized carbons (Fsp3) is 0.0508. The van der Waals surface area contributed by atoms with Crippen LogP contribution in [0.4, 0.5) is 34.1 Å². The zero-order valence-electron chi connectivity index (χ0n) is 34.3. The molecule has 0 N–H and O–H groups in total. The molecule has 0 atom stereocenters. The van der Waals surface area contributed by atoms with Crippen LogP contribution in [0.3, 0.4) is 0 Å². The lowest BCUT2D eigenvalue weighted by molar-refractivity contribution is 0.632. The van der Waals surface area contributed by atoms with Gasteiger partial charge in [0.1, 0.15) is 0 Å². The van der Waals surface area contributed by atoms with Crippen molar-refractivity contribution in [1.82, 2.24) is 0 Å². The van der Waals surface area contributed by atoms with Crippen molar-refractivity contribution in [2.75, 3.05) is 9.80 Å². The Morgan fingerprint density at radius 3 is 1.54 bits per heavy atom. The van der Waals surface area contributed by atoms with Gasteiger partial charge in [-0.05, 0) is 116 Å². The molecule has 1 heterocycles. The van der Waals surface area contributed by atoms with Crippen LogP contribution in [-0.2, 0) is 5.41 Å². The second-order valence-electron chi connectivity index (χ2n) is 16.6. The molecule has 11 rings (SSSR count). The lowest BCUT2D eigenvalue weighted by atomic mass is 9.72. The van der Waals surface area contributed by atoms with E-state index in [0.29, 0.717) is 0 Å². The fourth-order valence-electron chi connectivity index (χ4n) is 9.47. The number of anilines is 6. The highest BCUT2D eigenvalue weighted by atomic mass is 15.2. The van der Waals surface area contributed by atoms with E-state index < -0.39 is 0 Å². The van der Waals surface area contributed by atoms with Gasteiger partial charge in [0, 0.05) is 33.4 Å². The summed E-state index contributed by atoms with van der Waals surface area (Å²) in [6, 6.07) is 84.1. The van der Waals surface area contributed by atoms with Gasteiger partial charge in [-0.1, -0.05) is 184 Å². The van der Waals surface area contributed by atoms with Gasteiger partial charge in [0.2, 0.25) is 0 Å². The van der Waals surface area contributed by atoms with Crippen LogP contribution < -0.4 is 9.80 Å². The molecule has 0 bridgehead atoms. The van der Waals surface area contributed by atoms with Crippen LogP contribution in [0.15, 0.2) is 231 Å². The first-order valence-corrected chi connectivity index (χ1v) is 21.2. The largest absolute Gasteiger partial charge is 0.311 e. The Kier molecular flexibility index (Phi) is 8.86. The molecule has 0 aromatic heterocycles. The van der Waals surface area contributed by atoms with Crippen molar-refractivity contribution in [2.24, 2.45) is 0 Å². The molecule has 0 saturated heterocycles. The molecule has 0 fully saturated rings. The average Bonchev–Trinajstić information content (AvgIpc) is 3.32. The van der Waals surface area contributed by atoms with Crippen molar-refractivity contribution in [3.8, 4) is 33.4 Å². The third kappa shape index (κ3) is 6.36. The molecule has 0 spiro atoms. The van der Waals surface area contributed by atoms with Crippen molar-refractivity contribution < 1.29 is 0 Å². The van der Waals surface area contributed by atoms with Crippen LogP contribution >= 0.6 is 0 Å². The van der Waals surface area contributed by atoms with Gasteiger partial charge in [0.05, 0.1) is 17.1 Å². The minimum absolute atomic E-state index is 0.235. The van der Waals surface area contributed by atoms with Gasteiger partial charge >= 0.3 is 0 Å². The topological polar surface area (TPSA) is 6.48 Å². The second-order valence-corrected chi connectivity index (χ2v) is 16.6. The van der Waals surface area contributed by atoms with Crippen LogP contribution in [0.5, 0.6) is 0 Å². The van der Waals surface area contributed by atoms with Crippen LogP contribution in [0.25, 0.3) is 54.9 Å². The lowest BCUT2D eigenvalue weighted by Gasteiger charge is -2.43. The predicted octanol–water partition coefficient (Wildman–Crippen LogP) is 16.6. The van der Waals surface area contributed by atoms with E-state index in [-0.39, 0.29) is 5.41 Å². The molecule has 2 heteroatoms. The Bertz CT molecular complexity index is 3160. The maximum Gasteiger partial charge on any atom is 0.0618 e. The molecule has 0 unspecified atom stereocenters. The molecule has 61 heavy (non-hydrogen) atoms. The van der Waals surface area contributed by atoms with E-state index in [1.54, 1.807) is 0 Å². The van der Waals surface area contributed by atoms with Gasteiger partial charge in [0.25, 0.3) is 0 Å². The summed E-state index contributed by atoms with van der Waals surface area (Å²) in [5.41, 5.74) is 16.6. The molecule has 1 aliphatic heterocycles. The van der Waals surface area contributed by atoms with E-state index >= 15 is 0 Å². The van der Waals surface area contributed by atoms with Gasteiger partial charge < -0.3 is 9.80 Å². The molecule has 0 radical (unpaired) electrons. The minimum atomic E-state index is -0.235. The van der Waals surface area contributed by atoms with E-state index in [0.717, 1.165) is 17.1 Å². The Morgan fingerprint density at radius 2 is 0.836 bits per heavy atom. The van der Waals surface area contributed by atoms with Gasteiger partial charge in [-0.3, -0.25) is 0 Å². The van der Waals surface area contributed by atoms with E-state index in [9.17, 15) is 0 Å². The maximum absolute atomic E-state index is 2.54. The Hall–Kier alpha value is -7.68. The van der Waals surface area contributed by atoms with Gasteiger partial charge in [-0.25, -0.2) is 0 Å². The summed E-state index contributed by atoms with van der Waals surface area (Å²) in [6.07, 6.45) is 0. The maximum atomic E-state index is 2.54. The monoisotopic (exact) mass is 780 g/mol. The molecule has 1 aliphatic rings. The Morgan fingerprint density at radius 1 is 0.344 bits per heavy atom. The van der Waals surface area contributed by atoms with Crippen LogP contribution in [-0.4, -0.2) is 0 Å². The predicted molar refractivity (Wildman–Crippen MR) is 259 cm³/mol. The number of hydrogen-bond acceptors (Lipinski definition) is 2. The third-order valence-corrected chi connectivity index (χ3v) is 12.6. The first-order chi connectivity index (χ1) is 30.0. The standard InChI is InChI=1S/C59H44N2/c1-59(2)54-23-13-14-24-56(54)61(58-52-22-12-11-16-45(52)33-37-53(58)48-30-29-41-15-9-10-17-46(41)39-48)57-38-34-47(40-55(57)59)44-27-25-42(26-28-44)43-31-35-51(36-32-43)60(49-18-5-3-6-19-49)50-20-7-4-8-21-50/h3-40H,1-2H3. The molecule has 0 aliphatic carbocycles. The minimum Gasteiger partial charge on any atom is -0.311 e. The van der Waals surface area contributed by atoms with E-state index in [2.05, 4.69) is 254 Å². The highest BCUT2D eigenvalue weighted by molar-refractivity contribution is 6.08. The summed E-state index contributed by atoms with van der Waals surface area (Å²) < 4.78 is 0. The van der Waals surface area contributed by atoms with Crippen LogP contribution in [0, 0.1) is 0 Å². The molecule has 10 aromatic rings. The number of fused-ring (bicyclic) bond motifs is 4. The summed E-state index contributed by atoms with van der Waals surface area (Å²) in [6.45, 7) is 4.76. The van der Waals surface area contributed by atoms with Crippen molar-refractivity contribution in [2.45, 2.75) is 19.3 Å². The molecule has 0 saturated carbocycles. The first-order valence-electron chi connectivity index (χ1n) is 21.2. The van der Waals surface area contributed by atoms with Crippen LogP contribution in [0.2, 0.25) is 0 Å². The van der Waals surface area contributed by atoms with Crippen molar-refractivity contribution >= 4 is 55.7 Å². The number of nitrogens with zero attached hydrogens (tertiary/aromatic N) is 2. The van der Waals surface area contributed by atoms with E-state index in [1.165, 1.54) is 83.1 Å². The molecule has 0 amide bonds. The van der Waals surface area contributed by atoms with E-state index in [1.807, 2.05) is 0 Å². The highest BCUT2D eigenvalue weighted by Gasteiger charge is 2.38. The normalized spacial score (nSPS) is 12.9. The summed E-state index contributed by atoms with van der Waals surface area (Å²) in [7, 11) is 0. The lowest BCUT2D eigenvalue weighted by Crippen LogP contribution is -2.31. The fourth-order valence-corrected chi connectivity index (χ4v) is 9.47. The summed E-state index contributed by atoms with van der Waals surface area (Å²) >= 11 is 0. The van der Waals surface area contributed by atoms with Crippen LogP contribution in [0.1, 0.15) is 25.0 Å². The van der Waals surface area contributed by atoms with Gasteiger partial charge in [-0.15, -0.1) is 0 Å². The highest BCUT2D eigenvalue weighted by Crippen LogP contribution is 2.55. The zero-order chi connectivity index (χ0) is 40.9. The van der Waals surface area contributed by atoms with Gasteiger partial charge in [0.15, 0.2) is 0 Å². The van der Waals surface area contributed by atoms with E-state index in [4.69, 9.17) is 0 Å². The zero-order valence-corrected chi connectivity index (χ0v) is 34.3. The van der Waals surface area contributed by atoms with Crippen molar-refractivity contribution in [1.29, 1.82) is 0 Å².